The number of amides is 1. The molecule has 1 amide bonds. The Kier molecular flexibility index (Phi) is 13.9. The van der Waals surface area contributed by atoms with Gasteiger partial charge in [0, 0.05) is 123 Å². The zero-order valence-electron chi connectivity index (χ0n) is 41.9. The number of aromatic hydroxyl groups is 3. The molecule has 7 heterocycles. The summed E-state index contributed by atoms with van der Waals surface area (Å²) in [5.74, 6) is 1.15. The maximum atomic E-state index is 13.9. The highest BCUT2D eigenvalue weighted by molar-refractivity contribution is 7.94. The van der Waals surface area contributed by atoms with E-state index in [1.54, 1.807) is 46.7 Å². The summed E-state index contributed by atoms with van der Waals surface area (Å²) in [7, 11) is 1.48. The Morgan fingerprint density at radius 1 is 0.932 bits per heavy atom. The number of anilines is 1. The van der Waals surface area contributed by atoms with E-state index >= 15 is 0 Å². The van der Waals surface area contributed by atoms with Gasteiger partial charge >= 0.3 is 12.1 Å². The van der Waals surface area contributed by atoms with Gasteiger partial charge < -0.3 is 49.3 Å². The molecule has 10 rings (SSSR count). The van der Waals surface area contributed by atoms with Gasteiger partial charge in [-0.05, 0) is 115 Å². The van der Waals surface area contributed by atoms with E-state index in [2.05, 4.69) is 47.9 Å². The van der Waals surface area contributed by atoms with Crippen LogP contribution in [0.1, 0.15) is 99.7 Å². The number of ether oxygens (including phenoxy) is 2. The number of carbonyl (C=O) groups excluding carboxylic acids is 2. The van der Waals surface area contributed by atoms with Crippen LogP contribution in [-0.4, -0.2) is 117 Å². The van der Waals surface area contributed by atoms with E-state index in [0.29, 0.717) is 66.5 Å². The number of rotatable bonds is 15. The number of phenols is 2. The molecule has 18 nitrogen and oxygen atoms in total. The average molecular weight is 1010 g/mol. The second-order valence-corrected chi connectivity index (χ2v) is 21.0. The molecule has 19 heteroatoms. The first-order valence-corrected chi connectivity index (χ1v) is 26.0. The predicted octanol–water partition coefficient (Wildman–Crippen LogP) is 8.06. The first-order chi connectivity index (χ1) is 35.2. The van der Waals surface area contributed by atoms with Gasteiger partial charge in [0.05, 0.1) is 23.9 Å². The maximum absolute atomic E-state index is 13.9. The monoisotopic (exact) mass is 1010 g/mol. The van der Waals surface area contributed by atoms with E-state index in [1.165, 1.54) is 17.7 Å². The number of piperidine rings is 1. The molecule has 3 aromatic heterocycles. The number of nitrogens with one attached hydrogen (secondary N) is 1. The lowest BCUT2D eigenvalue weighted by Crippen LogP contribution is -2.48. The number of aryl methyl sites for hydroxylation is 1. The number of aldehydes is 1. The average Bonchev–Trinajstić information content (AvgIpc) is 4.10. The van der Waals surface area contributed by atoms with Crippen LogP contribution in [0.3, 0.4) is 0 Å². The normalized spacial score (nSPS) is 18.2. The van der Waals surface area contributed by atoms with Gasteiger partial charge in [-0.1, -0.05) is 32.8 Å². The first-order valence-electron chi connectivity index (χ1n) is 25.2. The van der Waals surface area contributed by atoms with Crippen molar-refractivity contribution in [2.45, 2.75) is 97.1 Å². The van der Waals surface area contributed by atoms with Gasteiger partial charge in [-0.2, -0.15) is 0 Å². The van der Waals surface area contributed by atoms with Crippen LogP contribution < -0.4 is 15.6 Å². The van der Waals surface area contributed by atoms with Crippen LogP contribution >= 0.6 is 12.1 Å². The molecule has 0 radical (unpaired) electrons. The van der Waals surface area contributed by atoms with Crippen LogP contribution in [0, 0.1) is 5.92 Å². The number of hydrogen-bond acceptors (Lipinski definition) is 15. The van der Waals surface area contributed by atoms with Crippen molar-refractivity contribution in [3.8, 4) is 40.3 Å². The molecule has 73 heavy (non-hydrogen) atoms. The summed E-state index contributed by atoms with van der Waals surface area (Å²) in [5, 5.41) is 55.9. The highest BCUT2D eigenvalue weighted by Gasteiger charge is 2.40. The van der Waals surface area contributed by atoms with Crippen LogP contribution in [0.4, 0.5) is 10.5 Å². The molecule has 2 saturated heterocycles. The lowest BCUT2D eigenvalue weighted by atomic mass is 9.86. The fraction of sp³-hybridized carbons (Fsp3) is 0.426. The maximum Gasteiger partial charge on any atom is 0.415 e. The summed E-state index contributed by atoms with van der Waals surface area (Å²) in [6, 6.07) is 17.7. The highest BCUT2D eigenvalue weighted by Crippen LogP contribution is 2.47. The van der Waals surface area contributed by atoms with Crippen molar-refractivity contribution in [1.82, 2.24) is 37.4 Å². The predicted molar refractivity (Wildman–Crippen MR) is 279 cm³/mol. The SMILES string of the molecule is CCC1=C2Cn3c(cc(C(O)(C=O)CC)c(COC)c3=O)C2Nc2ccc(OC(=O)N3CCN(SN4CCC(CCn5ccc6cc(-n7c(O)nnc7-c7cc(C(C)C)c(O)cc7O)ccc65)CC4)CC3)cc21. The number of aliphatic hydroxyl groups is 1. The fourth-order valence-corrected chi connectivity index (χ4v) is 12.1. The minimum absolute atomic E-state index is 0.000523. The Morgan fingerprint density at radius 3 is 2.41 bits per heavy atom. The molecule has 2 atom stereocenters. The lowest BCUT2D eigenvalue weighted by Gasteiger charge is -2.38. The standard InChI is InChI=1S/C54H63N9O9S/c1-6-37-39-25-36(9-10-44(39)55-49-41(37)29-62-46(49)27-43(54(70,7-2)31-64)42(30-71-5)51(62)67)72-53(69)59-20-22-61(23-21-59)73-60-18-13-33(14-19-60)12-16-58-17-15-34-24-35(8-11-45(34)58)63-50(56-57-52(63)68)40-26-38(32(3)4)47(65)28-48(40)66/h8-11,15,17,24-28,31-33,49,55,65-66,70H,6-7,12-14,16,18-23,29-30H2,1-5H3,(H,57,68). The van der Waals surface area contributed by atoms with Crippen LogP contribution in [0.15, 0.2) is 77.2 Å². The van der Waals surface area contributed by atoms with E-state index in [0.717, 1.165) is 85.3 Å². The van der Waals surface area contributed by atoms with Gasteiger partial charge in [0.2, 0.25) is 0 Å². The van der Waals surface area contributed by atoms with E-state index < -0.39 is 5.60 Å². The summed E-state index contributed by atoms with van der Waals surface area (Å²) in [5.41, 5.74) is 5.66. The minimum Gasteiger partial charge on any atom is -0.508 e. The molecular weight excluding hydrogens is 951 g/mol. The molecule has 0 saturated carbocycles. The molecule has 0 aliphatic carbocycles. The molecule has 3 aromatic carbocycles. The van der Waals surface area contributed by atoms with Gasteiger partial charge in [0.25, 0.3) is 5.56 Å². The van der Waals surface area contributed by atoms with Gasteiger partial charge in [0.15, 0.2) is 12.1 Å². The third-order valence-corrected chi connectivity index (χ3v) is 16.4. The van der Waals surface area contributed by atoms with Crippen molar-refractivity contribution in [2.24, 2.45) is 5.92 Å². The van der Waals surface area contributed by atoms with E-state index in [9.17, 15) is 34.8 Å². The summed E-state index contributed by atoms with van der Waals surface area (Å²) < 4.78 is 21.6. The van der Waals surface area contributed by atoms with Crippen LogP contribution in [0.5, 0.6) is 23.3 Å². The Hall–Kier alpha value is -6.64. The van der Waals surface area contributed by atoms with Crippen LogP contribution in [-0.2, 0) is 34.8 Å². The summed E-state index contributed by atoms with van der Waals surface area (Å²) in [6.07, 6.45) is 6.25. The fourth-order valence-electron chi connectivity index (χ4n) is 11.0. The zero-order chi connectivity index (χ0) is 51.3. The number of methoxy groups -OCH3 is 1. The number of pyridine rings is 1. The van der Waals surface area contributed by atoms with Crippen molar-refractivity contribution >= 4 is 46.7 Å². The van der Waals surface area contributed by atoms with Gasteiger partial charge in [0.1, 0.15) is 22.8 Å². The van der Waals surface area contributed by atoms with Crippen molar-refractivity contribution in [3.05, 3.63) is 111 Å². The number of aromatic nitrogens is 5. The van der Waals surface area contributed by atoms with E-state index in [1.807, 2.05) is 44.2 Å². The second kappa shape index (κ2) is 20.3. The van der Waals surface area contributed by atoms with Gasteiger partial charge in [-0.25, -0.2) is 18.0 Å². The van der Waals surface area contributed by atoms with Gasteiger partial charge in [-0.3, -0.25) is 9.59 Å². The number of benzene rings is 3. The molecule has 0 spiro atoms. The van der Waals surface area contributed by atoms with Gasteiger partial charge in [-0.15, -0.1) is 5.10 Å². The molecule has 0 bridgehead atoms. The number of phenolic OH excluding ortho intramolecular Hbond substituents is 2. The van der Waals surface area contributed by atoms with E-state index in [-0.39, 0.29) is 71.1 Å². The molecular formula is C54H63N9O9S. The highest BCUT2D eigenvalue weighted by atomic mass is 32.2. The number of carbonyl (C=O) groups is 2. The first kappa shape index (κ1) is 49.9. The molecule has 5 N–H and O–H groups in total. The van der Waals surface area contributed by atoms with Crippen molar-refractivity contribution < 1.29 is 39.5 Å². The lowest BCUT2D eigenvalue weighted by molar-refractivity contribution is -0.125. The molecule has 384 valence electrons. The Balaban J connectivity index is 0.708. The molecule has 6 aromatic rings. The second-order valence-electron chi connectivity index (χ2n) is 19.8. The zero-order valence-corrected chi connectivity index (χ0v) is 42.7. The number of fused-ring (bicyclic) bond motifs is 5. The number of hydrogen-bond donors (Lipinski definition) is 5. The summed E-state index contributed by atoms with van der Waals surface area (Å²) in [4.78, 5) is 41.4. The van der Waals surface area contributed by atoms with E-state index in [4.69, 9.17) is 9.47 Å². The third-order valence-electron chi connectivity index (χ3n) is 15.2. The Morgan fingerprint density at radius 2 is 1.70 bits per heavy atom. The Bertz CT molecular complexity index is 3180. The summed E-state index contributed by atoms with van der Waals surface area (Å²) in [6.45, 7) is 13.4. The van der Waals surface area contributed by atoms with Crippen molar-refractivity contribution in [3.63, 3.8) is 0 Å². The van der Waals surface area contributed by atoms with Crippen molar-refractivity contribution in [2.75, 3.05) is 51.7 Å². The molecule has 4 aliphatic rings. The smallest absolute Gasteiger partial charge is 0.415 e. The quantitative estimate of drug-likeness (QED) is 0.0486. The van der Waals surface area contributed by atoms with Crippen LogP contribution in [0.25, 0.3) is 33.6 Å². The topological polar surface area (TPSA) is 213 Å². The Labute approximate surface area is 427 Å². The minimum atomic E-state index is -1.82. The number of nitrogens with zero attached hydrogens (tertiary/aromatic N) is 8. The number of piperazine rings is 1. The largest absolute Gasteiger partial charge is 0.508 e. The molecule has 4 aliphatic heterocycles. The molecule has 2 fully saturated rings. The van der Waals surface area contributed by atoms with Crippen molar-refractivity contribution in [1.29, 1.82) is 0 Å². The molecule has 2 unspecified atom stereocenters. The number of allylic oxidation sites excluding steroid dienone is 1. The van der Waals surface area contributed by atoms with Crippen LogP contribution in [0.2, 0.25) is 0 Å². The summed E-state index contributed by atoms with van der Waals surface area (Å²) >= 11 is 1.77. The third kappa shape index (κ3) is 9.37.